The average Bonchev–Trinajstić information content (AvgIpc) is 3.06. The van der Waals surface area contributed by atoms with E-state index < -0.39 is 0 Å². The molecule has 0 saturated heterocycles. The zero-order chi connectivity index (χ0) is 22.1. The summed E-state index contributed by atoms with van der Waals surface area (Å²) in [4.78, 5) is 21.2. The second kappa shape index (κ2) is 8.23. The SMILES string of the molecule is Cc1cc(N)nc(C)c1CNC(=O)c1nn(Cc2ccc3ncc(Cl)cc3c2)cc1N. The quantitative estimate of drug-likeness (QED) is 0.442. The Hall–Kier alpha value is -3.65. The molecule has 0 atom stereocenters. The van der Waals surface area contributed by atoms with Gasteiger partial charge in [-0.1, -0.05) is 17.7 Å². The molecule has 1 amide bonds. The maximum absolute atomic E-state index is 12.7. The Balaban J connectivity index is 1.49. The molecule has 0 aliphatic carbocycles. The summed E-state index contributed by atoms with van der Waals surface area (Å²) in [5.41, 5.74) is 16.8. The Bertz CT molecular complexity index is 1280. The fourth-order valence-electron chi connectivity index (χ4n) is 3.54. The molecule has 0 unspecified atom stereocenters. The summed E-state index contributed by atoms with van der Waals surface area (Å²) in [6.45, 7) is 4.57. The van der Waals surface area contributed by atoms with Crippen molar-refractivity contribution in [3.8, 4) is 0 Å². The normalized spacial score (nSPS) is 11.1. The van der Waals surface area contributed by atoms with E-state index in [-0.39, 0.29) is 11.6 Å². The van der Waals surface area contributed by atoms with E-state index in [1.54, 1.807) is 23.1 Å². The Morgan fingerprint density at radius 1 is 1.19 bits per heavy atom. The molecule has 31 heavy (non-hydrogen) atoms. The molecular weight excluding hydrogens is 414 g/mol. The molecule has 5 N–H and O–H groups in total. The van der Waals surface area contributed by atoms with Gasteiger partial charge in [0.2, 0.25) is 0 Å². The number of aromatic nitrogens is 4. The van der Waals surface area contributed by atoms with Gasteiger partial charge in [0, 0.05) is 30.0 Å². The predicted molar refractivity (Wildman–Crippen MR) is 122 cm³/mol. The summed E-state index contributed by atoms with van der Waals surface area (Å²) >= 11 is 6.04. The number of halogens is 1. The summed E-state index contributed by atoms with van der Waals surface area (Å²) in [6.07, 6.45) is 3.27. The van der Waals surface area contributed by atoms with Gasteiger partial charge in [-0.3, -0.25) is 14.5 Å². The topological polar surface area (TPSA) is 125 Å². The molecular formula is C22H22ClN7O. The van der Waals surface area contributed by atoms with Gasteiger partial charge in [0.25, 0.3) is 5.91 Å². The maximum atomic E-state index is 12.7. The van der Waals surface area contributed by atoms with E-state index in [1.165, 1.54) is 0 Å². The Morgan fingerprint density at radius 2 is 2.00 bits per heavy atom. The molecule has 0 fully saturated rings. The molecule has 0 saturated carbocycles. The first-order chi connectivity index (χ1) is 14.8. The Kier molecular flexibility index (Phi) is 5.48. The fourth-order valence-corrected chi connectivity index (χ4v) is 3.71. The zero-order valence-electron chi connectivity index (χ0n) is 17.2. The van der Waals surface area contributed by atoms with Crippen molar-refractivity contribution in [1.29, 1.82) is 0 Å². The molecule has 3 aromatic heterocycles. The number of hydrogen-bond donors (Lipinski definition) is 3. The van der Waals surface area contributed by atoms with E-state index in [1.807, 2.05) is 38.1 Å². The minimum Gasteiger partial charge on any atom is -0.396 e. The van der Waals surface area contributed by atoms with Crippen LogP contribution in [-0.2, 0) is 13.1 Å². The minimum absolute atomic E-state index is 0.184. The number of amides is 1. The van der Waals surface area contributed by atoms with Crippen LogP contribution in [0.4, 0.5) is 11.5 Å². The van der Waals surface area contributed by atoms with Crippen LogP contribution in [0.5, 0.6) is 0 Å². The second-order valence-electron chi connectivity index (χ2n) is 7.42. The van der Waals surface area contributed by atoms with Crippen molar-refractivity contribution >= 4 is 39.9 Å². The molecule has 8 nitrogen and oxygen atoms in total. The van der Waals surface area contributed by atoms with Crippen LogP contribution in [0.25, 0.3) is 10.9 Å². The van der Waals surface area contributed by atoms with Crippen molar-refractivity contribution < 1.29 is 4.79 Å². The molecule has 158 valence electrons. The number of nitrogens with two attached hydrogens (primary N) is 2. The van der Waals surface area contributed by atoms with Gasteiger partial charge in [-0.25, -0.2) is 4.98 Å². The Labute approximate surface area is 184 Å². The van der Waals surface area contributed by atoms with Gasteiger partial charge in [0.1, 0.15) is 5.82 Å². The third-order valence-corrected chi connectivity index (χ3v) is 5.27. The number of nitrogens with one attached hydrogen (secondary N) is 1. The molecule has 0 bridgehead atoms. The van der Waals surface area contributed by atoms with E-state index in [9.17, 15) is 4.79 Å². The van der Waals surface area contributed by atoms with E-state index >= 15 is 0 Å². The Morgan fingerprint density at radius 3 is 2.77 bits per heavy atom. The maximum Gasteiger partial charge on any atom is 0.274 e. The van der Waals surface area contributed by atoms with Crippen molar-refractivity contribution in [2.75, 3.05) is 11.5 Å². The van der Waals surface area contributed by atoms with Crippen molar-refractivity contribution in [2.24, 2.45) is 0 Å². The van der Waals surface area contributed by atoms with E-state index in [0.717, 1.165) is 33.3 Å². The first kappa shape index (κ1) is 20.6. The molecule has 4 rings (SSSR count). The standard InChI is InChI=1S/C22H22ClN7O/c1-12-5-20(25)28-13(2)17(12)9-27-22(31)21-18(24)11-30(29-21)10-14-3-4-19-15(6-14)7-16(23)8-26-19/h3-8,11H,9-10,24H2,1-2H3,(H2,25,28)(H,27,31). The monoisotopic (exact) mass is 435 g/mol. The first-order valence-corrected chi connectivity index (χ1v) is 10.1. The van der Waals surface area contributed by atoms with Crippen LogP contribution in [0.1, 0.15) is 32.9 Å². The lowest BCUT2D eigenvalue weighted by atomic mass is 10.1. The van der Waals surface area contributed by atoms with Crippen molar-refractivity contribution in [3.05, 3.63) is 75.8 Å². The number of benzene rings is 1. The summed E-state index contributed by atoms with van der Waals surface area (Å²) in [5.74, 6) is 0.112. The van der Waals surface area contributed by atoms with Crippen LogP contribution >= 0.6 is 11.6 Å². The van der Waals surface area contributed by atoms with E-state index in [0.29, 0.717) is 29.6 Å². The molecule has 9 heteroatoms. The fraction of sp³-hybridized carbons (Fsp3) is 0.182. The van der Waals surface area contributed by atoms with Crippen LogP contribution in [0.2, 0.25) is 5.02 Å². The molecule has 0 aliphatic heterocycles. The van der Waals surface area contributed by atoms with Gasteiger partial charge in [-0.2, -0.15) is 5.10 Å². The number of aryl methyl sites for hydroxylation is 2. The van der Waals surface area contributed by atoms with Gasteiger partial charge in [0.15, 0.2) is 5.69 Å². The summed E-state index contributed by atoms with van der Waals surface area (Å²) in [5, 5.41) is 8.76. The molecule has 1 aromatic carbocycles. The number of nitrogen functional groups attached to an aromatic ring is 2. The first-order valence-electron chi connectivity index (χ1n) is 9.68. The highest BCUT2D eigenvalue weighted by atomic mass is 35.5. The molecule has 4 aromatic rings. The van der Waals surface area contributed by atoms with Gasteiger partial charge in [-0.15, -0.1) is 0 Å². The largest absolute Gasteiger partial charge is 0.396 e. The lowest BCUT2D eigenvalue weighted by Gasteiger charge is -2.11. The number of hydrogen-bond acceptors (Lipinski definition) is 6. The number of carbonyl (C=O) groups is 1. The van der Waals surface area contributed by atoms with Crippen LogP contribution in [0, 0.1) is 13.8 Å². The third-order valence-electron chi connectivity index (χ3n) is 5.06. The smallest absolute Gasteiger partial charge is 0.274 e. The van der Waals surface area contributed by atoms with Crippen LogP contribution in [0.15, 0.2) is 42.7 Å². The van der Waals surface area contributed by atoms with Gasteiger partial charge >= 0.3 is 0 Å². The molecule has 0 spiro atoms. The van der Waals surface area contributed by atoms with Crippen molar-refractivity contribution in [1.82, 2.24) is 25.1 Å². The summed E-state index contributed by atoms with van der Waals surface area (Å²) < 4.78 is 1.64. The predicted octanol–water partition coefficient (Wildman–Crippen LogP) is 3.24. The number of rotatable bonds is 5. The number of nitrogens with zero attached hydrogens (tertiary/aromatic N) is 4. The highest BCUT2D eigenvalue weighted by molar-refractivity contribution is 6.31. The minimum atomic E-state index is -0.346. The number of fused-ring (bicyclic) bond motifs is 1. The van der Waals surface area contributed by atoms with Crippen molar-refractivity contribution in [2.45, 2.75) is 26.9 Å². The van der Waals surface area contributed by atoms with Gasteiger partial charge in [-0.05, 0) is 54.8 Å². The average molecular weight is 436 g/mol. The van der Waals surface area contributed by atoms with Gasteiger partial charge in [0.05, 0.1) is 22.8 Å². The number of carbonyl (C=O) groups excluding carboxylic acids is 1. The van der Waals surface area contributed by atoms with E-state index in [2.05, 4.69) is 20.4 Å². The summed E-state index contributed by atoms with van der Waals surface area (Å²) in [7, 11) is 0. The molecule has 0 radical (unpaired) electrons. The lowest BCUT2D eigenvalue weighted by molar-refractivity contribution is 0.0946. The van der Waals surface area contributed by atoms with Crippen LogP contribution in [-0.4, -0.2) is 25.7 Å². The highest BCUT2D eigenvalue weighted by Gasteiger charge is 2.16. The number of pyridine rings is 2. The van der Waals surface area contributed by atoms with E-state index in [4.69, 9.17) is 23.1 Å². The lowest BCUT2D eigenvalue weighted by Crippen LogP contribution is -2.25. The summed E-state index contributed by atoms with van der Waals surface area (Å²) in [6, 6.07) is 9.52. The van der Waals surface area contributed by atoms with Crippen LogP contribution < -0.4 is 16.8 Å². The highest BCUT2D eigenvalue weighted by Crippen LogP contribution is 2.20. The number of anilines is 2. The third kappa shape index (κ3) is 4.44. The zero-order valence-corrected chi connectivity index (χ0v) is 17.9. The molecule has 0 aliphatic rings. The molecule has 3 heterocycles. The second-order valence-corrected chi connectivity index (χ2v) is 7.86. The van der Waals surface area contributed by atoms with Crippen LogP contribution in [0.3, 0.4) is 0 Å². The van der Waals surface area contributed by atoms with Gasteiger partial charge < -0.3 is 16.8 Å². The van der Waals surface area contributed by atoms with Crippen molar-refractivity contribution in [3.63, 3.8) is 0 Å².